The number of hydrogen-bond acceptors (Lipinski definition) is 1. The van der Waals surface area contributed by atoms with Gasteiger partial charge in [0.1, 0.15) is 5.75 Å². The van der Waals surface area contributed by atoms with E-state index in [1.165, 1.54) is 51.4 Å². The third-order valence-corrected chi connectivity index (χ3v) is 7.12. The average Bonchev–Trinajstić information content (AvgIpc) is 2.84. The molecule has 1 nitrogen and oxygen atoms in total. The van der Waals surface area contributed by atoms with Gasteiger partial charge in [0.2, 0.25) is 0 Å². The number of aryl methyl sites for hydroxylation is 1. The molecule has 3 heteroatoms. The van der Waals surface area contributed by atoms with E-state index in [1.54, 1.807) is 24.3 Å². The summed E-state index contributed by atoms with van der Waals surface area (Å²) in [6, 6.07) is 10.7. The molecule has 0 amide bonds. The van der Waals surface area contributed by atoms with Crippen LogP contribution in [-0.4, -0.2) is 6.61 Å². The van der Waals surface area contributed by atoms with Crippen LogP contribution in [0.4, 0.5) is 8.78 Å². The van der Waals surface area contributed by atoms with Crippen molar-refractivity contribution in [3.8, 4) is 16.9 Å². The van der Waals surface area contributed by atoms with E-state index in [0.717, 1.165) is 24.5 Å². The number of benzene rings is 2. The lowest BCUT2D eigenvalue weighted by molar-refractivity contribution is 0.248. The maximum absolute atomic E-state index is 14.9. The van der Waals surface area contributed by atoms with E-state index in [0.29, 0.717) is 35.6 Å². The molecule has 1 saturated carbocycles. The minimum absolute atomic E-state index is 0.310. The van der Waals surface area contributed by atoms with E-state index in [4.69, 9.17) is 4.74 Å². The average molecular weight is 455 g/mol. The maximum Gasteiger partial charge on any atom is 0.166 e. The zero-order chi connectivity index (χ0) is 23.5. The van der Waals surface area contributed by atoms with Crippen molar-refractivity contribution in [2.45, 2.75) is 84.5 Å². The van der Waals surface area contributed by atoms with Crippen LogP contribution in [0.5, 0.6) is 5.75 Å². The monoisotopic (exact) mass is 454 g/mol. The summed E-state index contributed by atoms with van der Waals surface area (Å²) in [5.41, 5.74) is 1.48. The zero-order valence-corrected chi connectivity index (χ0v) is 20.4. The predicted molar refractivity (Wildman–Crippen MR) is 135 cm³/mol. The van der Waals surface area contributed by atoms with Crippen molar-refractivity contribution in [1.29, 1.82) is 0 Å². The van der Waals surface area contributed by atoms with Crippen LogP contribution in [0.1, 0.15) is 83.6 Å². The summed E-state index contributed by atoms with van der Waals surface area (Å²) in [6.07, 6.45) is 16.9. The minimum atomic E-state index is -0.742. The molecule has 1 aliphatic rings. The summed E-state index contributed by atoms with van der Waals surface area (Å²) in [7, 11) is 0. The molecule has 0 radical (unpaired) electrons. The molecule has 0 N–H and O–H groups in total. The molecule has 2 aromatic carbocycles. The lowest BCUT2D eigenvalue weighted by Crippen LogP contribution is -2.15. The summed E-state index contributed by atoms with van der Waals surface area (Å²) < 4.78 is 35.4. The van der Waals surface area contributed by atoms with Gasteiger partial charge in [-0.25, -0.2) is 8.78 Å². The van der Waals surface area contributed by atoms with E-state index >= 15 is 0 Å². The largest absolute Gasteiger partial charge is 0.493 e. The molecule has 0 aromatic heterocycles. The molecule has 0 aliphatic heterocycles. The highest BCUT2D eigenvalue weighted by atomic mass is 19.2. The number of hydrogen-bond donors (Lipinski definition) is 0. The Kier molecular flexibility index (Phi) is 10.4. The first-order valence-corrected chi connectivity index (χ1v) is 12.9. The summed E-state index contributed by atoms with van der Waals surface area (Å²) in [5, 5.41) is 0. The molecular weight excluding hydrogens is 414 g/mol. The van der Waals surface area contributed by atoms with Gasteiger partial charge in [-0.3, -0.25) is 0 Å². The number of unbranched alkanes of at least 4 members (excludes halogenated alkanes) is 2. The fourth-order valence-electron chi connectivity index (χ4n) is 5.00. The maximum atomic E-state index is 14.9. The Balaban J connectivity index is 1.52. The van der Waals surface area contributed by atoms with Gasteiger partial charge in [-0.2, -0.15) is 0 Å². The molecule has 33 heavy (non-hydrogen) atoms. The highest BCUT2D eigenvalue weighted by molar-refractivity contribution is 5.65. The normalized spacial score (nSPS) is 18.7. The summed E-state index contributed by atoms with van der Waals surface area (Å²) in [5.74, 6) is 0.836. The van der Waals surface area contributed by atoms with Crippen LogP contribution in [0.3, 0.4) is 0 Å². The summed E-state index contributed by atoms with van der Waals surface area (Å²) in [6.45, 7) is 4.83. The van der Waals surface area contributed by atoms with Crippen LogP contribution in [-0.2, 0) is 6.42 Å². The first kappa shape index (κ1) is 25.5. The molecular formula is C30H40F2O. The van der Waals surface area contributed by atoms with Gasteiger partial charge >= 0.3 is 0 Å². The molecule has 3 rings (SSSR count). The molecule has 0 atom stereocenters. The standard InChI is InChI=1S/C30H40F2O/c1-3-5-7-9-23-10-12-24(13-11-23)14-15-26-18-21-28(30(32)29(26)31)25-16-19-27(20-17-25)33-22-8-6-4-2/h4,6,16-21,23-24H,3,5,7-15,22H2,1-2H3/b6-4-. The molecule has 180 valence electrons. The van der Waals surface area contributed by atoms with Gasteiger partial charge in [-0.1, -0.05) is 94.7 Å². The molecule has 0 heterocycles. The van der Waals surface area contributed by atoms with Gasteiger partial charge in [0.25, 0.3) is 0 Å². The Bertz CT molecular complexity index is 864. The Morgan fingerprint density at radius 3 is 2.24 bits per heavy atom. The number of ether oxygens (including phenoxy) is 1. The second-order valence-corrected chi connectivity index (χ2v) is 9.55. The van der Waals surface area contributed by atoms with Crippen molar-refractivity contribution in [1.82, 2.24) is 0 Å². The third-order valence-electron chi connectivity index (χ3n) is 7.12. The summed E-state index contributed by atoms with van der Waals surface area (Å²) >= 11 is 0. The first-order chi connectivity index (χ1) is 16.1. The molecule has 1 fully saturated rings. The van der Waals surface area contributed by atoms with Crippen molar-refractivity contribution >= 4 is 0 Å². The van der Waals surface area contributed by atoms with Gasteiger partial charge in [0.15, 0.2) is 11.6 Å². The van der Waals surface area contributed by atoms with Gasteiger partial charge in [-0.05, 0) is 61.3 Å². The van der Waals surface area contributed by atoms with Gasteiger partial charge in [-0.15, -0.1) is 0 Å². The van der Waals surface area contributed by atoms with Crippen LogP contribution < -0.4 is 4.74 Å². The smallest absolute Gasteiger partial charge is 0.166 e. The van der Waals surface area contributed by atoms with Crippen molar-refractivity contribution in [3.63, 3.8) is 0 Å². The Morgan fingerprint density at radius 2 is 1.58 bits per heavy atom. The molecule has 0 bridgehead atoms. The van der Waals surface area contributed by atoms with Gasteiger partial charge in [0.05, 0.1) is 6.61 Å². The number of rotatable bonds is 12. The van der Waals surface area contributed by atoms with E-state index < -0.39 is 11.6 Å². The minimum Gasteiger partial charge on any atom is -0.493 e. The lowest BCUT2D eigenvalue weighted by atomic mass is 9.77. The van der Waals surface area contributed by atoms with E-state index in [-0.39, 0.29) is 0 Å². The van der Waals surface area contributed by atoms with Crippen molar-refractivity contribution in [3.05, 3.63) is 65.7 Å². The van der Waals surface area contributed by atoms with Crippen LogP contribution in [0.2, 0.25) is 0 Å². The number of allylic oxidation sites excluding steroid dienone is 1. The Morgan fingerprint density at radius 1 is 0.879 bits per heavy atom. The van der Waals surface area contributed by atoms with E-state index in [9.17, 15) is 8.78 Å². The van der Waals surface area contributed by atoms with Gasteiger partial charge in [0, 0.05) is 5.56 Å². The zero-order valence-electron chi connectivity index (χ0n) is 20.4. The SMILES string of the molecule is C/C=C\CCOc1ccc(-c2ccc(CCC3CCC(CCCCC)CC3)c(F)c2F)cc1. The second kappa shape index (κ2) is 13.5. The van der Waals surface area contributed by atoms with Crippen LogP contribution >= 0.6 is 0 Å². The lowest BCUT2D eigenvalue weighted by Gasteiger charge is -2.28. The third kappa shape index (κ3) is 7.69. The van der Waals surface area contributed by atoms with Crippen LogP contribution in [0.25, 0.3) is 11.1 Å². The van der Waals surface area contributed by atoms with Crippen LogP contribution in [0, 0.1) is 23.5 Å². The molecule has 0 saturated heterocycles. The molecule has 2 aromatic rings. The fraction of sp³-hybridized carbons (Fsp3) is 0.533. The van der Waals surface area contributed by atoms with Crippen LogP contribution in [0.15, 0.2) is 48.6 Å². The van der Waals surface area contributed by atoms with Crippen molar-refractivity contribution in [2.24, 2.45) is 11.8 Å². The predicted octanol–water partition coefficient (Wildman–Crippen LogP) is 9.30. The van der Waals surface area contributed by atoms with E-state index in [1.807, 2.05) is 31.2 Å². The highest BCUT2D eigenvalue weighted by Crippen LogP contribution is 2.35. The molecule has 1 aliphatic carbocycles. The number of halogens is 2. The topological polar surface area (TPSA) is 9.23 Å². The quantitative estimate of drug-likeness (QED) is 0.229. The second-order valence-electron chi connectivity index (χ2n) is 9.55. The van der Waals surface area contributed by atoms with Crippen molar-refractivity contribution in [2.75, 3.05) is 6.61 Å². The highest BCUT2D eigenvalue weighted by Gasteiger charge is 2.22. The first-order valence-electron chi connectivity index (χ1n) is 12.9. The Hall–Kier alpha value is -2.16. The molecule has 0 unspecified atom stereocenters. The van der Waals surface area contributed by atoms with E-state index in [2.05, 4.69) is 6.92 Å². The van der Waals surface area contributed by atoms with Crippen molar-refractivity contribution < 1.29 is 13.5 Å². The Labute approximate surface area is 199 Å². The van der Waals surface area contributed by atoms with Gasteiger partial charge < -0.3 is 4.74 Å². The summed E-state index contributed by atoms with van der Waals surface area (Å²) in [4.78, 5) is 0. The molecule has 0 spiro atoms. The fourth-order valence-corrected chi connectivity index (χ4v) is 5.00.